The van der Waals surface area contributed by atoms with E-state index in [1.54, 1.807) is 22.0 Å². The average molecular weight is 320 g/mol. The lowest BCUT2D eigenvalue weighted by atomic mass is 10.1. The minimum Gasteiger partial charge on any atom is -0.487 e. The smallest absolute Gasteiger partial charge is 0.258 e. The highest BCUT2D eigenvalue weighted by atomic mass is 16.5. The fourth-order valence-electron chi connectivity index (χ4n) is 2.84. The molecule has 2 heterocycles. The number of aromatic nitrogens is 3. The van der Waals surface area contributed by atoms with Crippen LogP contribution >= 0.6 is 0 Å². The van der Waals surface area contributed by atoms with Crippen molar-refractivity contribution in [3.05, 3.63) is 66.5 Å². The van der Waals surface area contributed by atoms with E-state index in [2.05, 4.69) is 10.3 Å². The summed E-state index contributed by atoms with van der Waals surface area (Å²) in [6.45, 7) is 2.49. The lowest BCUT2D eigenvalue weighted by molar-refractivity contribution is 0.0961. The number of carbonyl (C=O) groups excluding carboxylic acids is 1. The summed E-state index contributed by atoms with van der Waals surface area (Å²) < 4.78 is 7.46. The van der Waals surface area contributed by atoms with Crippen LogP contribution in [0, 0.1) is 0 Å². The van der Waals surface area contributed by atoms with Gasteiger partial charge < -0.3 is 9.64 Å². The predicted molar refractivity (Wildman–Crippen MR) is 89.6 cm³/mol. The second kappa shape index (κ2) is 5.81. The number of fused-ring (bicyclic) bond motifs is 1. The van der Waals surface area contributed by atoms with Crippen molar-refractivity contribution < 1.29 is 9.53 Å². The van der Waals surface area contributed by atoms with Gasteiger partial charge in [-0.1, -0.05) is 17.3 Å². The molecule has 0 radical (unpaired) electrons. The molecule has 1 aliphatic rings. The van der Waals surface area contributed by atoms with Gasteiger partial charge in [0.05, 0.1) is 30.3 Å². The van der Waals surface area contributed by atoms with Crippen molar-refractivity contribution in [2.45, 2.75) is 13.0 Å². The summed E-state index contributed by atoms with van der Waals surface area (Å²) in [5.74, 6) is 0.701. The van der Waals surface area contributed by atoms with Crippen molar-refractivity contribution in [2.24, 2.45) is 0 Å². The fraction of sp³-hybridized carbons (Fsp3) is 0.167. The molecule has 2 aromatic carbocycles. The third kappa shape index (κ3) is 2.52. The van der Waals surface area contributed by atoms with Crippen LogP contribution in [-0.4, -0.2) is 33.5 Å². The second-order valence-electron chi connectivity index (χ2n) is 5.71. The summed E-state index contributed by atoms with van der Waals surface area (Å²) in [6.07, 6.45) is 3.33. The summed E-state index contributed by atoms with van der Waals surface area (Å²) in [5, 5.41) is 7.73. The van der Waals surface area contributed by atoms with Gasteiger partial charge in [0, 0.05) is 5.56 Å². The third-order valence-corrected chi connectivity index (χ3v) is 3.97. The van der Waals surface area contributed by atoms with Gasteiger partial charge in [0.2, 0.25) is 0 Å². The number of amides is 1. The van der Waals surface area contributed by atoms with Gasteiger partial charge in [0.1, 0.15) is 11.9 Å². The molecule has 0 saturated heterocycles. The van der Waals surface area contributed by atoms with Crippen LogP contribution in [0.4, 0.5) is 5.69 Å². The highest BCUT2D eigenvalue weighted by Crippen LogP contribution is 2.33. The summed E-state index contributed by atoms with van der Waals surface area (Å²) in [5.41, 5.74) is 2.29. The highest BCUT2D eigenvalue weighted by molar-refractivity contribution is 6.07. The number of anilines is 1. The van der Waals surface area contributed by atoms with E-state index in [4.69, 9.17) is 4.74 Å². The molecule has 120 valence electrons. The predicted octanol–water partition coefficient (Wildman–Crippen LogP) is 2.70. The molecule has 1 amide bonds. The van der Waals surface area contributed by atoms with E-state index >= 15 is 0 Å². The van der Waals surface area contributed by atoms with Gasteiger partial charge in [-0.05, 0) is 43.3 Å². The number of hydrogen-bond donors (Lipinski definition) is 0. The van der Waals surface area contributed by atoms with Crippen molar-refractivity contribution in [3.63, 3.8) is 0 Å². The molecule has 1 aromatic heterocycles. The van der Waals surface area contributed by atoms with E-state index in [0.717, 1.165) is 17.1 Å². The lowest BCUT2D eigenvalue weighted by Crippen LogP contribution is -2.42. The minimum atomic E-state index is -0.0433. The first kappa shape index (κ1) is 14.4. The van der Waals surface area contributed by atoms with E-state index < -0.39 is 0 Å². The summed E-state index contributed by atoms with van der Waals surface area (Å²) in [4.78, 5) is 14.7. The van der Waals surface area contributed by atoms with E-state index in [1.165, 1.54) is 0 Å². The number of nitrogens with zero attached hydrogens (tertiary/aromatic N) is 4. The van der Waals surface area contributed by atoms with Gasteiger partial charge in [-0.2, -0.15) is 0 Å². The number of hydrogen-bond acceptors (Lipinski definition) is 4. The number of ether oxygens (including phenoxy) is 1. The van der Waals surface area contributed by atoms with Crippen LogP contribution < -0.4 is 9.64 Å². The first-order valence-electron chi connectivity index (χ1n) is 7.77. The Kier molecular flexibility index (Phi) is 3.49. The standard InChI is InChI=1S/C18H16N4O2/c1-13-12-21(16-4-2-3-5-17(16)24-13)18(23)14-6-8-15(9-7-14)22-11-10-19-20-22/h2-11,13H,12H2,1H3. The van der Waals surface area contributed by atoms with Gasteiger partial charge in [0.15, 0.2) is 0 Å². The van der Waals surface area contributed by atoms with Crippen LogP contribution in [0.15, 0.2) is 60.9 Å². The van der Waals surface area contributed by atoms with Crippen LogP contribution in [0.25, 0.3) is 5.69 Å². The first-order valence-corrected chi connectivity index (χ1v) is 7.77. The Bertz CT molecular complexity index is 859. The largest absolute Gasteiger partial charge is 0.487 e. The van der Waals surface area contributed by atoms with Gasteiger partial charge >= 0.3 is 0 Å². The molecule has 0 fully saturated rings. The molecular formula is C18H16N4O2. The molecule has 24 heavy (non-hydrogen) atoms. The molecule has 0 N–H and O–H groups in total. The van der Waals surface area contributed by atoms with Crippen LogP contribution in [0.3, 0.4) is 0 Å². The molecule has 6 nitrogen and oxygen atoms in total. The Balaban J connectivity index is 1.64. The highest BCUT2D eigenvalue weighted by Gasteiger charge is 2.27. The molecule has 4 rings (SSSR count). The Hall–Kier alpha value is -3.15. The maximum Gasteiger partial charge on any atom is 0.258 e. The SMILES string of the molecule is CC1CN(C(=O)c2ccc(-n3ccnn3)cc2)c2ccccc2O1. The minimum absolute atomic E-state index is 0.0391. The van der Waals surface area contributed by atoms with E-state index in [1.807, 2.05) is 55.5 Å². The maximum absolute atomic E-state index is 12.9. The Morgan fingerprint density at radius 3 is 2.71 bits per heavy atom. The van der Waals surface area contributed by atoms with Crippen LogP contribution in [0.2, 0.25) is 0 Å². The first-order chi connectivity index (χ1) is 11.7. The molecule has 1 atom stereocenters. The summed E-state index contributed by atoms with van der Waals surface area (Å²) >= 11 is 0. The van der Waals surface area contributed by atoms with Crippen molar-refractivity contribution in [3.8, 4) is 11.4 Å². The van der Waals surface area contributed by atoms with E-state index in [9.17, 15) is 4.79 Å². The molecule has 1 aliphatic heterocycles. The molecule has 0 spiro atoms. The van der Waals surface area contributed by atoms with Crippen LogP contribution in [0.1, 0.15) is 17.3 Å². The Morgan fingerprint density at radius 2 is 1.96 bits per heavy atom. The number of para-hydroxylation sites is 2. The van der Waals surface area contributed by atoms with Gasteiger partial charge in [0.25, 0.3) is 5.91 Å². The second-order valence-corrected chi connectivity index (χ2v) is 5.71. The van der Waals surface area contributed by atoms with E-state index in [-0.39, 0.29) is 12.0 Å². The van der Waals surface area contributed by atoms with E-state index in [0.29, 0.717) is 12.1 Å². The average Bonchev–Trinajstić information content (AvgIpc) is 3.15. The molecule has 3 aromatic rings. The summed E-state index contributed by atoms with van der Waals surface area (Å²) in [6, 6.07) is 14.9. The van der Waals surface area contributed by atoms with Crippen LogP contribution in [-0.2, 0) is 0 Å². The quantitative estimate of drug-likeness (QED) is 0.728. The van der Waals surface area contributed by atoms with Gasteiger partial charge in [-0.25, -0.2) is 4.68 Å². The molecule has 0 bridgehead atoms. The molecular weight excluding hydrogens is 304 g/mol. The van der Waals surface area contributed by atoms with Crippen molar-refractivity contribution in [1.82, 2.24) is 15.0 Å². The van der Waals surface area contributed by atoms with Gasteiger partial charge in [-0.15, -0.1) is 5.10 Å². The molecule has 6 heteroatoms. The van der Waals surface area contributed by atoms with Crippen LogP contribution in [0.5, 0.6) is 5.75 Å². The number of carbonyl (C=O) groups is 1. The monoisotopic (exact) mass is 320 g/mol. The van der Waals surface area contributed by atoms with Crippen molar-refractivity contribution in [2.75, 3.05) is 11.4 Å². The van der Waals surface area contributed by atoms with Gasteiger partial charge in [-0.3, -0.25) is 4.79 Å². The number of benzene rings is 2. The lowest BCUT2D eigenvalue weighted by Gasteiger charge is -2.33. The Morgan fingerprint density at radius 1 is 1.17 bits per heavy atom. The number of rotatable bonds is 2. The van der Waals surface area contributed by atoms with Crippen molar-refractivity contribution in [1.29, 1.82) is 0 Å². The molecule has 1 unspecified atom stereocenters. The normalized spacial score (nSPS) is 16.4. The fourth-order valence-corrected chi connectivity index (χ4v) is 2.84. The summed E-state index contributed by atoms with van der Waals surface area (Å²) in [7, 11) is 0. The maximum atomic E-state index is 12.9. The van der Waals surface area contributed by atoms with Crippen molar-refractivity contribution >= 4 is 11.6 Å². The zero-order chi connectivity index (χ0) is 16.5. The third-order valence-electron chi connectivity index (χ3n) is 3.97. The molecule has 0 aliphatic carbocycles. The topological polar surface area (TPSA) is 60.2 Å². The Labute approximate surface area is 139 Å². The molecule has 0 saturated carbocycles. The zero-order valence-electron chi connectivity index (χ0n) is 13.2. The zero-order valence-corrected chi connectivity index (χ0v) is 13.2.